The minimum Gasteiger partial charge on any atom is -0.478 e. The fourth-order valence-electron chi connectivity index (χ4n) is 2.00. The van der Waals surface area contributed by atoms with Gasteiger partial charge < -0.3 is 20.5 Å². The maximum absolute atomic E-state index is 12.3. The molecule has 0 unspecified atom stereocenters. The van der Waals surface area contributed by atoms with Crippen LogP contribution in [0.3, 0.4) is 0 Å². The normalized spacial score (nSPS) is 13.5. The summed E-state index contributed by atoms with van der Waals surface area (Å²) in [6.45, 7) is 6.90. The Kier molecular flexibility index (Phi) is 6.22. The molecule has 0 fully saturated rings. The van der Waals surface area contributed by atoms with Crippen molar-refractivity contribution in [3.05, 3.63) is 35.4 Å². The predicted octanol–water partition coefficient (Wildman–Crippen LogP) is 1.23. The lowest BCUT2D eigenvalue weighted by Gasteiger charge is -2.30. The third-order valence-electron chi connectivity index (χ3n) is 3.37. The second-order valence-electron chi connectivity index (χ2n) is 6.59. The fourth-order valence-corrected chi connectivity index (χ4v) is 2.00. The number of carboxylic acid groups (broad SMARTS) is 1. The average molecular weight is 334 g/mol. The van der Waals surface area contributed by atoms with Crippen LogP contribution >= 0.6 is 0 Å². The number of hydrogen-bond donors (Lipinski definition) is 3. The topological polar surface area (TPSA) is 113 Å². The zero-order valence-corrected chi connectivity index (χ0v) is 14.1. The lowest BCUT2D eigenvalue weighted by molar-refractivity contribution is -0.127. The van der Waals surface area contributed by atoms with Crippen LogP contribution in [0.25, 0.3) is 0 Å². The molecule has 0 saturated heterocycles. The van der Waals surface area contributed by atoms with Gasteiger partial charge >= 0.3 is 5.97 Å². The summed E-state index contributed by atoms with van der Waals surface area (Å²) in [6.07, 6.45) is 0.601. The third-order valence-corrected chi connectivity index (χ3v) is 3.37. The molecule has 24 heavy (non-hydrogen) atoms. The summed E-state index contributed by atoms with van der Waals surface area (Å²) in [4.78, 5) is 46.2. The van der Waals surface area contributed by atoms with Crippen LogP contribution in [0.2, 0.25) is 0 Å². The van der Waals surface area contributed by atoms with Crippen molar-refractivity contribution in [1.82, 2.24) is 10.6 Å². The van der Waals surface area contributed by atoms with Gasteiger partial charge in [-0.15, -0.1) is 0 Å². The molecule has 2 atom stereocenters. The zero-order chi connectivity index (χ0) is 18.5. The second-order valence-corrected chi connectivity index (χ2v) is 6.59. The Morgan fingerprint density at radius 3 is 1.96 bits per heavy atom. The van der Waals surface area contributed by atoms with Crippen LogP contribution in [0, 0.1) is 5.41 Å². The molecule has 0 aliphatic heterocycles. The summed E-state index contributed by atoms with van der Waals surface area (Å²) in [5.41, 5.74) is -0.273. The molecule has 0 heterocycles. The molecule has 1 aromatic rings. The molecule has 1 rings (SSSR count). The fraction of sp³-hybridized carbons (Fsp3) is 0.412. The van der Waals surface area contributed by atoms with Gasteiger partial charge in [-0.2, -0.15) is 0 Å². The molecule has 0 aliphatic rings. The van der Waals surface area contributed by atoms with E-state index in [1.807, 2.05) is 0 Å². The molecule has 0 aliphatic carbocycles. The van der Waals surface area contributed by atoms with E-state index in [-0.39, 0.29) is 11.1 Å². The first-order chi connectivity index (χ1) is 11.1. The molecular formula is C17H22N2O5. The van der Waals surface area contributed by atoms with Crippen molar-refractivity contribution < 1.29 is 24.3 Å². The molecule has 0 bridgehead atoms. The van der Waals surface area contributed by atoms with Gasteiger partial charge in [-0.25, -0.2) is 4.79 Å². The maximum Gasteiger partial charge on any atom is 0.335 e. The molecule has 2 amide bonds. The van der Waals surface area contributed by atoms with Gasteiger partial charge in [-0.3, -0.25) is 9.59 Å². The highest BCUT2D eigenvalue weighted by atomic mass is 16.4. The SMILES string of the molecule is C[C@@H](C=O)NC(=O)[C@@H](NC(=O)c1ccc(C(=O)O)cc1)C(C)(C)C. The summed E-state index contributed by atoms with van der Waals surface area (Å²) >= 11 is 0. The number of benzene rings is 1. The molecule has 7 heteroatoms. The number of aldehydes is 1. The number of amides is 2. The van der Waals surface area contributed by atoms with E-state index in [4.69, 9.17) is 5.11 Å². The Balaban J connectivity index is 2.93. The Bertz CT molecular complexity index is 631. The van der Waals surface area contributed by atoms with Crippen LogP contribution in [0.4, 0.5) is 0 Å². The molecule has 0 aromatic heterocycles. The van der Waals surface area contributed by atoms with Crippen molar-refractivity contribution in [2.45, 2.75) is 39.8 Å². The number of nitrogens with one attached hydrogen (secondary N) is 2. The van der Waals surface area contributed by atoms with E-state index < -0.39 is 35.3 Å². The lowest BCUT2D eigenvalue weighted by atomic mass is 9.85. The first-order valence-corrected chi connectivity index (χ1v) is 7.46. The van der Waals surface area contributed by atoms with Crippen molar-refractivity contribution in [2.75, 3.05) is 0 Å². The van der Waals surface area contributed by atoms with Crippen LogP contribution in [0.5, 0.6) is 0 Å². The van der Waals surface area contributed by atoms with E-state index in [1.165, 1.54) is 31.2 Å². The van der Waals surface area contributed by atoms with E-state index in [1.54, 1.807) is 20.8 Å². The number of rotatable bonds is 6. The zero-order valence-electron chi connectivity index (χ0n) is 14.1. The van der Waals surface area contributed by atoms with Gasteiger partial charge in [0.25, 0.3) is 5.91 Å². The first-order valence-electron chi connectivity index (χ1n) is 7.46. The minimum absolute atomic E-state index is 0.0662. The van der Waals surface area contributed by atoms with Gasteiger partial charge in [0.2, 0.25) is 5.91 Å². The van der Waals surface area contributed by atoms with Gasteiger partial charge in [-0.1, -0.05) is 20.8 Å². The summed E-state index contributed by atoms with van der Waals surface area (Å²) < 4.78 is 0. The first kappa shape index (κ1) is 19.3. The summed E-state index contributed by atoms with van der Waals surface area (Å²) in [7, 11) is 0. The van der Waals surface area contributed by atoms with E-state index >= 15 is 0 Å². The highest BCUT2D eigenvalue weighted by Crippen LogP contribution is 2.20. The predicted molar refractivity (Wildman–Crippen MR) is 87.8 cm³/mol. The van der Waals surface area contributed by atoms with Gasteiger partial charge in [0.15, 0.2) is 0 Å². The molecule has 1 aromatic carbocycles. The Hall–Kier alpha value is -2.70. The third kappa shape index (κ3) is 5.19. The summed E-state index contributed by atoms with van der Waals surface area (Å²) in [5, 5.41) is 14.0. The number of aromatic carboxylic acids is 1. The van der Waals surface area contributed by atoms with Crippen molar-refractivity contribution >= 4 is 24.1 Å². The van der Waals surface area contributed by atoms with Gasteiger partial charge in [0, 0.05) is 5.56 Å². The summed E-state index contributed by atoms with van der Waals surface area (Å²) in [6, 6.07) is 3.88. The Labute approximate surface area is 140 Å². The number of carbonyl (C=O) groups excluding carboxylic acids is 3. The monoisotopic (exact) mass is 334 g/mol. The average Bonchev–Trinajstić information content (AvgIpc) is 2.50. The number of carboxylic acids is 1. The van der Waals surface area contributed by atoms with Crippen molar-refractivity contribution in [3.8, 4) is 0 Å². The quantitative estimate of drug-likeness (QED) is 0.677. The van der Waals surface area contributed by atoms with Crippen LogP contribution in [0.1, 0.15) is 48.4 Å². The standard InChI is InChI=1S/C17H22N2O5/c1-10(9-20)18-15(22)13(17(2,3)4)19-14(21)11-5-7-12(8-6-11)16(23)24/h5-10,13H,1-4H3,(H,18,22)(H,19,21)(H,23,24)/t10-,13+/m0/s1. The largest absolute Gasteiger partial charge is 0.478 e. The highest BCUT2D eigenvalue weighted by Gasteiger charge is 2.33. The maximum atomic E-state index is 12.3. The number of carbonyl (C=O) groups is 4. The molecule has 0 saturated carbocycles. The van der Waals surface area contributed by atoms with Crippen molar-refractivity contribution in [2.24, 2.45) is 5.41 Å². The van der Waals surface area contributed by atoms with E-state index in [2.05, 4.69) is 10.6 Å². The van der Waals surface area contributed by atoms with E-state index in [0.717, 1.165) is 0 Å². The van der Waals surface area contributed by atoms with Gasteiger partial charge in [0.1, 0.15) is 12.3 Å². The molecule has 130 valence electrons. The van der Waals surface area contributed by atoms with E-state index in [9.17, 15) is 19.2 Å². The summed E-state index contributed by atoms with van der Waals surface area (Å²) in [5.74, 6) is -2.05. The van der Waals surface area contributed by atoms with Crippen molar-refractivity contribution in [1.29, 1.82) is 0 Å². The van der Waals surface area contributed by atoms with Crippen LogP contribution in [0.15, 0.2) is 24.3 Å². The molecule has 7 nitrogen and oxygen atoms in total. The van der Waals surface area contributed by atoms with Crippen molar-refractivity contribution in [3.63, 3.8) is 0 Å². The van der Waals surface area contributed by atoms with Crippen LogP contribution in [-0.2, 0) is 9.59 Å². The van der Waals surface area contributed by atoms with Crippen LogP contribution < -0.4 is 10.6 Å². The highest BCUT2D eigenvalue weighted by molar-refractivity contribution is 5.99. The van der Waals surface area contributed by atoms with Gasteiger partial charge in [-0.05, 0) is 36.6 Å². The van der Waals surface area contributed by atoms with Gasteiger partial charge in [0.05, 0.1) is 11.6 Å². The minimum atomic E-state index is -1.09. The lowest BCUT2D eigenvalue weighted by Crippen LogP contribution is -2.55. The van der Waals surface area contributed by atoms with E-state index in [0.29, 0.717) is 6.29 Å². The molecular weight excluding hydrogens is 312 g/mol. The molecule has 0 spiro atoms. The Morgan fingerprint density at radius 1 is 1.04 bits per heavy atom. The Morgan fingerprint density at radius 2 is 1.54 bits per heavy atom. The van der Waals surface area contributed by atoms with Crippen LogP contribution in [-0.4, -0.2) is 41.3 Å². The molecule has 3 N–H and O–H groups in total. The number of hydrogen-bond acceptors (Lipinski definition) is 4. The molecule has 0 radical (unpaired) electrons. The second kappa shape index (κ2) is 7.72. The smallest absolute Gasteiger partial charge is 0.335 e.